The molecule has 2 bridgehead atoms. The first-order valence-electron chi connectivity index (χ1n) is 22.6. The van der Waals surface area contributed by atoms with Crippen molar-refractivity contribution in [2.24, 2.45) is 23.7 Å². The number of carbonyl (C=O) groups excluding carboxylic acids is 4. The maximum absolute atomic E-state index is 14.5. The molecule has 3 aliphatic rings. The number of nitrogens with zero attached hydrogens (tertiary/aromatic N) is 5. The van der Waals surface area contributed by atoms with Gasteiger partial charge >= 0.3 is 0 Å². The summed E-state index contributed by atoms with van der Waals surface area (Å²) < 4.78 is 18.3. The first kappa shape index (κ1) is 46.8. The summed E-state index contributed by atoms with van der Waals surface area (Å²) in [6, 6.07) is 17.4. The predicted octanol–water partition coefficient (Wildman–Crippen LogP) is 5.68. The number of piperidine rings is 1. The van der Waals surface area contributed by atoms with Crippen LogP contribution < -0.4 is 10.6 Å². The van der Waals surface area contributed by atoms with Crippen LogP contribution in [0.25, 0.3) is 11.5 Å². The number of carbonyl (C=O) groups is 4. The van der Waals surface area contributed by atoms with Gasteiger partial charge in [0.1, 0.15) is 12.1 Å². The summed E-state index contributed by atoms with van der Waals surface area (Å²) in [5.41, 5.74) is 1.77. The lowest BCUT2D eigenvalue weighted by Crippen LogP contribution is -2.60. The average molecular weight is 856 g/mol. The summed E-state index contributed by atoms with van der Waals surface area (Å²) in [6.45, 7) is 10.4. The molecule has 1 saturated carbocycles. The lowest BCUT2D eigenvalue weighted by atomic mass is 9.89. The normalized spacial score (nSPS) is 23.4. The van der Waals surface area contributed by atoms with E-state index in [0.29, 0.717) is 43.1 Å². The van der Waals surface area contributed by atoms with Gasteiger partial charge in [-0.2, -0.15) is 0 Å². The zero-order chi connectivity index (χ0) is 44.7. The molecule has 2 saturated heterocycles. The molecule has 0 radical (unpaired) electrons. The zero-order valence-electron chi connectivity index (χ0n) is 38.2. The van der Waals surface area contributed by atoms with Gasteiger partial charge in [0.25, 0.3) is 0 Å². The fraction of sp³-hybridized carbons (Fsp3) is 0.625. The second-order valence-electron chi connectivity index (χ2n) is 18.2. The Hall–Kier alpha value is -4.66. The third kappa shape index (κ3) is 10.4. The van der Waals surface area contributed by atoms with Gasteiger partial charge in [0.05, 0.1) is 42.7 Å². The van der Waals surface area contributed by atoms with Crippen LogP contribution in [0.1, 0.15) is 97.1 Å². The van der Waals surface area contributed by atoms with Crippen LogP contribution in [0.3, 0.4) is 0 Å². The quantitative estimate of drug-likeness (QED) is 0.145. The van der Waals surface area contributed by atoms with Gasteiger partial charge < -0.3 is 34.3 Å². The zero-order valence-corrected chi connectivity index (χ0v) is 38.2. The molecule has 2 unspecified atom stereocenters. The van der Waals surface area contributed by atoms with Crippen molar-refractivity contribution in [3.8, 4) is 11.5 Å². The van der Waals surface area contributed by atoms with Gasteiger partial charge in [-0.1, -0.05) is 89.6 Å². The van der Waals surface area contributed by atoms with Crippen molar-refractivity contribution >= 4 is 23.6 Å². The van der Waals surface area contributed by atoms with Crippen molar-refractivity contribution in [3.05, 3.63) is 72.1 Å². The number of amides is 4. The number of fused-ring (bicyclic) bond motifs is 2. The maximum Gasteiger partial charge on any atom is 0.247 e. The Balaban J connectivity index is 1.14. The van der Waals surface area contributed by atoms with Crippen LogP contribution in [-0.4, -0.2) is 126 Å². The van der Waals surface area contributed by atoms with E-state index in [9.17, 15) is 19.2 Å². The van der Waals surface area contributed by atoms with Gasteiger partial charge in [-0.15, -0.1) is 10.2 Å². The van der Waals surface area contributed by atoms with Crippen LogP contribution in [0.5, 0.6) is 0 Å². The minimum atomic E-state index is -0.726. The Kier molecular flexibility index (Phi) is 16.0. The van der Waals surface area contributed by atoms with E-state index in [-0.39, 0.29) is 54.0 Å². The summed E-state index contributed by atoms with van der Waals surface area (Å²) >= 11 is 0. The number of ether oxygens (including phenoxy) is 2. The highest BCUT2D eigenvalue weighted by atomic mass is 16.5. The predicted molar refractivity (Wildman–Crippen MR) is 236 cm³/mol. The molecule has 14 nitrogen and oxygen atoms in total. The maximum atomic E-state index is 14.5. The monoisotopic (exact) mass is 856 g/mol. The van der Waals surface area contributed by atoms with Crippen molar-refractivity contribution in [3.63, 3.8) is 0 Å². The highest BCUT2D eigenvalue weighted by molar-refractivity contribution is 5.90. The van der Waals surface area contributed by atoms with E-state index in [1.165, 1.54) is 0 Å². The van der Waals surface area contributed by atoms with E-state index in [4.69, 9.17) is 13.9 Å². The summed E-state index contributed by atoms with van der Waals surface area (Å²) in [5.74, 6) is -0.521. The second kappa shape index (κ2) is 21.1. The Morgan fingerprint density at radius 2 is 1.61 bits per heavy atom. The molecule has 1 aromatic heterocycles. The fourth-order valence-electron chi connectivity index (χ4n) is 10.3. The SMILES string of the molecule is CC[C@H](C)[C@@H]([C@@H](CC(=O)N1CCCC1[C@H](OC)[C@@H](C)C(=O)N[C@@H](Cc1ccccc1)c1nnc(-c2ccccc2)o1)OC)N(C)C(=O)C(NC(=O)[C@@H]1[C@H]2CC[C@H](C2)N1C)C(C)C. The Morgan fingerprint density at radius 3 is 2.23 bits per heavy atom. The van der Waals surface area contributed by atoms with Crippen LogP contribution >= 0.6 is 0 Å². The minimum Gasteiger partial charge on any atom is -0.418 e. The van der Waals surface area contributed by atoms with Gasteiger partial charge in [-0.3, -0.25) is 24.1 Å². The van der Waals surface area contributed by atoms with Crippen molar-refractivity contribution < 1.29 is 33.1 Å². The molecule has 338 valence electrons. The molecule has 3 fully saturated rings. The molecule has 3 aromatic rings. The van der Waals surface area contributed by atoms with E-state index in [1.807, 2.05) is 93.4 Å². The molecule has 4 amide bonds. The molecule has 14 heteroatoms. The summed E-state index contributed by atoms with van der Waals surface area (Å²) in [7, 11) is 6.95. The van der Waals surface area contributed by atoms with Crippen molar-refractivity contribution in [2.45, 2.75) is 134 Å². The van der Waals surface area contributed by atoms with E-state index >= 15 is 0 Å². The van der Waals surface area contributed by atoms with Gasteiger partial charge in [-0.05, 0) is 74.6 Å². The Bertz CT molecular complexity index is 1940. The number of methoxy groups -OCH3 is 2. The number of hydrogen-bond donors (Lipinski definition) is 2. The molecule has 3 heterocycles. The molecule has 2 N–H and O–H groups in total. The standard InChI is InChI=1S/C48H69N7O7/c1-10-30(4)41(54(7)48(59)40(29(2)3)50-45(58)42-34-23-24-35(27-34)53(42)6)38(60-8)28-39(56)55-25-17-22-37(55)43(61-9)31(5)44(57)49-36(26-32-18-13-11-14-19-32)47-52-51-46(62-47)33-20-15-12-16-21-33/h11-16,18-21,29-31,34-38,40-43H,10,17,22-28H2,1-9H3,(H,49,57)(H,50,58)/t30-,31+,34-,35+,36-,37?,38+,40?,41-,42-,43+/m0/s1. The molecule has 2 aromatic carbocycles. The first-order valence-corrected chi connectivity index (χ1v) is 22.6. The topological polar surface area (TPSA) is 159 Å². The second-order valence-corrected chi connectivity index (χ2v) is 18.2. The lowest BCUT2D eigenvalue weighted by molar-refractivity contribution is -0.148. The number of hydrogen-bond acceptors (Lipinski definition) is 10. The van der Waals surface area contributed by atoms with E-state index in [2.05, 4.69) is 39.6 Å². The minimum absolute atomic E-state index is 0.0156. The van der Waals surface area contributed by atoms with Gasteiger partial charge in [-0.25, -0.2) is 0 Å². The van der Waals surface area contributed by atoms with Gasteiger partial charge in [0, 0.05) is 45.8 Å². The van der Waals surface area contributed by atoms with Crippen molar-refractivity contribution in [1.29, 1.82) is 0 Å². The number of rotatable bonds is 20. The molecule has 6 rings (SSSR count). The van der Waals surface area contributed by atoms with E-state index in [1.54, 1.807) is 26.2 Å². The van der Waals surface area contributed by atoms with Gasteiger partial charge in [0.2, 0.25) is 35.4 Å². The average Bonchev–Trinajstić information content (AvgIpc) is 4.12. The molecule has 1 aliphatic carbocycles. The van der Waals surface area contributed by atoms with Crippen LogP contribution in [0.2, 0.25) is 0 Å². The summed E-state index contributed by atoms with van der Waals surface area (Å²) in [5, 5.41) is 15.0. The molecular formula is C48H69N7O7. The number of likely N-dealkylation sites (tertiary alicyclic amines) is 2. The number of likely N-dealkylation sites (N-methyl/N-ethyl adjacent to an activating group) is 2. The molecular weight excluding hydrogens is 787 g/mol. The van der Waals surface area contributed by atoms with Crippen LogP contribution in [-0.2, 0) is 35.1 Å². The largest absolute Gasteiger partial charge is 0.418 e. The third-order valence-electron chi connectivity index (χ3n) is 14.0. The number of nitrogens with one attached hydrogen (secondary N) is 2. The smallest absolute Gasteiger partial charge is 0.247 e. The van der Waals surface area contributed by atoms with E-state index in [0.717, 1.165) is 43.2 Å². The van der Waals surface area contributed by atoms with Crippen molar-refractivity contribution in [2.75, 3.05) is 34.9 Å². The fourth-order valence-corrected chi connectivity index (χ4v) is 10.3. The Labute approximate surface area is 367 Å². The highest BCUT2D eigenvalue weighted by Gasteiger charge is 2.49. The van der Waals surface area contributed by atoms with Crippen LogP contribution in [0.4, 0.5) is 0 Å². The molecule has 0 spiro atoms. The van der Waals surface area contributed by atoms with Crippen LogP contribution in [0.15, 0.2) is 65.1 Å². The number of aromatic nitrogens is 2. The van der Waals surface area contributed by atoms with E-state index < -0.39 is 36.3 Å². The van der Waals surface area contributed by atoms with Crippen LogP contribution in [0, 0.1) is 23.7 Å². The first-order chi connectivity index (χ1) is 29.8. The Morgan fingerprint density at radius 1 is 0.919 bits per heavy atom. The lowest BCUT2D eigenvalue weighted by Gasteiger charge is -2.41. The molecule has 11 atom stereocenters. The highest BCUT2D eigenvalue weighted by Crippen LogP contribution is 2.41. The number of benzene rings is 2. The van der Waals surface area contributed by atoms with Crippen molar-refractivity contribution in [1.82, 2.24) is 35.5 Å². The summed E-state index contributed by atoms with van der Waals surface area (Å²) in [6.07, 6.45) is 4.57. The summed E-state index contributed by atoms with van der Waals surface area (Å²) in [4.78, 5) is 62.5. The van der Waals surface area contributed by atoms with Gasteiger partial charge in [0.15, 0.2) is 0 Å². The molecule has 2 aliphatic heterocycles. The molecule has 62 heavy (non-hydrogen) atoms. The third-order valence-corrected chi connectivity index (χ3v) is 14.0.